The Bertz CT molecular complexity index is 435. The highest BCUT2D eigenvalue weighted by Gasteiger charge is 2.19. The molecule has 0 aromatic carbocycles. The number of carbonyl (C=O) groups excluding carboxylic acids is 2. The highest BCUT2D eigenvalue weighted by atomic mass is 16.5. The van der Waals surface area contributed by atoms with E-state index in [-0.39, 0.29) is 17.9 Å². The van der Waals surface area contributed by atoms with Gasteiger partial charge in [0.1, 0.15) is 11.5 Å². The van der Waals surface area contributed by atoms with E-state index in [4.69, 9.17) is 13.9 Å². The quantitative estimate of drug-likeness (QED) is 0.685. The maximum atomic E-state index is 11.5. The first-order valence-electron chi connectivity index (χ1n) is 6.91. The first-order chi connectivity index (χ1) is 9.60. The lowest BCUT2D eigenvalue weighted by Gasteiger charge is -2.10. The molecule has 0 aliphatic carbocycles. The number of hydrogen-bond acceptors (Lipinski definition) is 5. The van der Waals surface area contributed by atoms with Crippen molar-refractivity contribution in [2.75, 3.05) is 13.7 Å². The fraction of sp³-hybridized carbons (Fsp3) is 0.600. The molecular formula is C15H22O5. The molecule has 5 nitrogen and oxygen atoms in total. The molecule has 1 rings (SSSR count). The van der Waals surface area contributed by atoms with Crippen LogP contribution in [0.2, 0.25) is 0 Å². The SMILES string of the molecule is CCOC(=O)CCc1ccc(CC(CC)C(=O)OC)o1. The van der Waals surface area contributed by atoms with E-state index in [1.165, 1.54) is 7.11 Å². The van der Waals surface area contributed by atoms with Gasteiger partial charge in [0.05, 0.1) is 26.1 Å². The third-order valence-electron chi connectivity index (χ3n) is 3.07. The summed E-state index contributed by atoms with van der Waals surface area (Å²) in [6.45, 7) is 4.10. The average Bonchev–Trinajstić information content (AvgIpc) is 2.89. The molecule has 20 heavy (non-hydrogen) atoms. The van der Waals surface area contributed by atoms with E-state index in [9.17, 15) is 9.59 Å². The molecule has 1 heterocycles. The minimum Gasteiger partial charge on any atom is -0.469 e. The zero-order valence-corrected chi connectivity index (χ0v) is 12.3. The number of hydrogen-bond donors (Lipinski definition) is 0. The van der Waals surface area contributed by atoms with Gasteiger partial charge < -0.3 is 13.9 Å². The Morgan fingerprint density at radius 1 is 1.25 bits per heavy atom. The van der Waals surface area contributed by atoms with Gasteiger partial charge in [-0.1, -0.05) is 6.92 Å². The average molecular weight is 282 g/mol. The second-order valence-corrected chi connectivity index (χ2v) is 4.51. The highest BCUT2D eigenvalue weighted by Crippen LogP contribution is 2.17. The van der Waals surface area contributed by atoms with Gasteiger partial charge in [-0.25, -0.2) is 0 Å². The number of rotatable bonds is 8. The lowest BCUT2D eigenvalue weighted by molar-refractivity contribution is -0.145. The van der Waals surface area contributed by atoms with Crippen LogP contribution in [0, 0.1) is 5.92 Å². The first-order valence-corrected chi connectivity index (χ1v) is 6.91. The molecule has 0 fully saturated rings. The Morgan fingerprint density at radius 3 is 2.55 bits per heavy atom. The minimum atomic E-state index is -0.230. The van der Waals surface area contributed by atoms with Crippen molar-refractivity contribution in [3.05, 3.63) is 23.7 Å². The summed E-state index contributed by atoms with van der Waals surface area (Å²) < 4.78 is 15.2. The Kier molecular flexibility index (Phi) is 6.84. The van der Waals surface area contributed by atoms with Gasteiger partial charge in [-0.15, -0.1) is 0 Å². The Balaban J connectivity index is 2.50. The number of furan rings is 1. The van der Waals surface area contributed by atoms with E-state index in [1.807, 2.05) is 19.1 Å². The van der Waals surface area contributed by atoms with Gasteiger partial charge in [0.25, 0.3) is 0 Å². The van der Waals surface area contributed by atoms with Crippen LogP contribution in [-0.2, 0) is 31.9 Å². The topological polar surface area (TPSA) is 65.7 Å². The summed E-state index contributed by atoms with van der Waals surface area (Å²) in [6.07, 6.45) is 2.02. The Morgan fingerprint density at radius 2 is 1.95 bits per heavy atom. The van der Waals surface area contributed by atoms with Gasteiger partial charge in [-0.2, -0.15) is 0 Å². The Hall–Kier alpha value is -1.78. The fourth-order valence-corrected chi connectivity index (χ4v) is 1.93. The van der Waals surface area contributed by atoms with Crippen molar-refractivity contribution >= 4 is 11.9 Å². The van der Waals surface area contributed by atoms with Crippen molar-refractivity contribution < 1.29 is 23.5 Å². The molecule has 1 unspecified atom stereocenters. The number of methoxy groups -OCH3 is 1. The summed E-state index contributed by atoms with van der Waals surface area (Å²) in [7, 11) is 1.39. The van der Waals surface area contributed by atoms with E-state index in [0.717, 1.165) is 11.5 Å². The lowest BCUT2D eigenvalue weighted by Crippen LogP contribution is -2.17. The molecule has 0 saturated carbocycles. The van der Waals surface area contributed by atoms with E-state index < -0.39 is 0 Å². The molecule has 0 saturated heterocycles. The third-order valence-corrected chi connectivity index (χ3v) is 3.07. The number of aryl methyl sites for hydroxylation is 1. The largest absolute Gasteiger partial charge is 0.469 e. The zero-order chi connectivity index (χ0) is 15.0. The minimum absolute atomic E-state index is 0.191. The van der Waals surface area contributed by atoms with Gasteiger partial charge >= 0.3 is 11.9 Å². The molecule has 0 radical (unpaired) electrons. The molecule has 0 bridgehead atoms. The molecule has 112 valence electrons. The fourth-order valence-electron chi connectivity index (χ4n) is 1.93. The van der Waals surface area contributed by atoms with Gasteiger partial charge in [-0.05, 0) is 25.5 Å². The lowest BCUT2D eigenvalue weighted by atomic mass is 10.0. The number of ether oxygens (including phenoxy) is 2. The Labute approximate surface area is 119 Å². The van der Waals surface area contributed by atoms with E-state index >= 15 is 0 Å². The van der Waals surface area contributed by atoms with Crippen LogP contribution < -0.4 is 0 Å². The summed E-state index contributed by atoms with van der Waals surface area (Å²) in [4.78, 5) is 22.8. The molecule has 1 aromatic heterocycles. The van der Waals surface area contributed by atoms with Crippen LogP contribution >= 0.6 is 0 Å². The molecule has 0 amide bonds. The van der Waals surface area contributed by atoms with Crippen LogP contribution in [0.1, 0.15) is 38.2 Å². The number of carbonyl (C=O) groups is 2. The van der Waals surface area contributed by atoms with Crippen LogP contribution in [-0.4, -0.2) is 25.7 Å². The van der Waals surface area contributed by atoms with Gasteiger partial charge in [0.2, 0.25) is 0 Å². The highest BCUT2D eigenvalue weighted by molar-refractivity contribution is 5.72. The first kappa shape index (κ1) is 16.3. The van der Waals surface area contributed by atoms with Gasteiger partial charge in [-0.3, -0.25) is 9.59 Å². The van der Waals surface area contributed by atoms with Gasteiger partial charge in [0.15, 0.2) is 0 Å². The summed E-state index contributed by atoms with van der Waals surface area (Å²) >= 11 is 0. The van der Waals surface area contributed by atoms with E-state index in [2.05, 4.69) is 0 Å². The van der Waals surface area contributed by atoms with Crippen molar-refractivity contribution in [1.82, 2.24) is 0 Å². The van der Waals surface area contributed by atoms with Crippen LogP contribution in [0.5, 0.6) is 0 Å². The van der Waals surface area contributed by atoms with Gasteiger partial charge in [0, 0.05) is 12.8 Å². The van der Waals surface area contributed by atoms with Crippen LogP contribution in [0.25, 0.3) is 0 Å². The summed E-state index contributed by atoms with van der Waals surface area (Å²) in [5.41, 5.74) is 0. The molecule has 0 spiro atoms. The molecule has 1 aromatic rings. The molecule has 0 aliphatic rings. The van der Waals surface area contributed by atoms with Crippen molar-refractivity contribution in [2.45, 2.75) is 39.5 Å². The van der Waals surface area contributed by atoms with Crippen LogP contribution in [0.4, 0.5) is 0 Å². The second-order valence-electron chi connectivity index (χ2n) is 4.51. The number of esters is 2. The predicted molar refractivity (Wildman–Crippen MR) is 73.2 cm³/mol. The summed E-state index contributed by atoms with van der Waals surface area (Å²) in [5, 5.41) is 0. The maximum absolute atomic E-state index is 11.5. The second kappa shape index (κ2) is 8.40. The normalized spacial score (nSPS) is 11.9. The monoisotopic (exact) mass is 282 g/mol. The molecule has 5 heteroatoms. The van der Waals surface area contributed by atoms with Crippen molar-refractivity contribution in [3.63, 3.8) is 0 Å². The third kappa shape index (κ3) is 5.07. The standard InChI is InChI=1S/C15H22O5/c1-4-11(15(17)18-3)10-13-7-6-12(20-13)8-9-14(16)19-5-2/h6-7,11H,4-5,8-10H2,1-3H3. The molecule has 0 aliphatic heterocycles. The van der Waals surface area contributed by atoms with Crippen LogP contribution in [0.15, 0.2) is 16.5 Å². The summed E-state index contributed by atoms with van der Waals surface area (Å²) in [6, 6.07) is 3.67. The predicted octanol–water partition coefficient (Wildman–Crippen LogP) is 2.52. The molecular weight excluding hydrogens is 260 g/mol. The molecule has 1 atom stereocenters. The van der Waals surface area contributed by atoms with Crippen molar-refractivity contribution in [3.8, 4) is 0 Å². The van der Waals surface area contributed by atoms with E-state index in [1.54, 1.807) is 6.92 Å². The van der Waals surface area contributed by atoms with E-state index in [0.29, 0.717) is 32.3 Å². The van der Waals surface area contributed by atoms with Crippen LogP contribution in [0.3, 0.4) is 0 Å². The maximum Gasteiger partial charge on any atom is 0.309 e. The van der Waals surface area contributed by atoms with Crippen molar-refractivity contribution in [1.29, 1.82) is 0 Å². The van der Waals surface area contributed by atoms with Crippen molar-refractivity contribution in [2.24, 2.45) is 5.92 Å². The smallest absolute Gasteiger partial charge is 0.309 e. The molecule has 0 N–H and O–H groups in total. The zero-order valence-electron chi connectivity index (χ0n) is 12.3. The summed E-state index contributed by atoms with van der Waals surface area (Å²) in [5.74, 6) is 0.821.